The molecule has 2 aliphatic rings. The predicted octanol–water partition coefficient (Wildman–Crippen LogP) is 3.69. The molecular weight excluding hydrogens is 466 g/mol. The minimum Gasteiger partial charge on any atom is -0.368 e. The fourth-order valence-corrected chi connectivity index (χ4v) is 4.94. The smallest absolute Gasteiger partial charge is 0.257 e. The van der Waals surface area contributed by atoms with Gasteiger partial charge in [0.2, 0.25) is 0 Å². The van der Waals surface area contributed by atoms with Crippen LogP contribution >= 0.6 is 11.6 Å². The molecule has 2 unspecified atom stereocenters. The second-order valence-corrected chi connectivity index (χ2v) is 9.71. The van der Waals surface area contributed by atoms with E-state index in [2.05, 4.69) is 28.2 Å². The number of carbonyl (C=O) groups excluding carboxylic acids is 2. The van der Waals surface area contributed by atoms with Gasteiger partial charge in [0.1, 0.15) is 12.2 Å². The molecule has 1 aromatic heterocycles. The minimum absolute atomic E-state index is 0.0856. The van der Waals surface area contributed by atoms with E-state index in [0.29, 0.717) is 47.2 Å². The molecule has 0 spiro atoms. The number of halogens is 1. The minimum atomic E-state index is -0.347. The molecule has 35 heavy (non-hydrogen) atoms. The van der Waals surface area contributed by atoms with Crippen molar-refractivity contribution in [2.45, 2.75) is 52.3 Å². The van der Waals surface area contributed by atoms with Gasteiger partial charge in [0.05, 0.1) is 16.8 Å². The molecule has 2 atom stereocenters. The molecule has 184 valence electrons. The highest BCUT2D eigenvalue weighted by Crippen LogP contribution is 2.28. The number of aromatic nitrogens is 1. The number of pyridine rings is 1. The molecule has 1 N–H and O–H groups in total. The van der Waals surface area contributed by atoms with Gasteiger partial charge in [-0.1, -0.05) is 11.6 Å². The molecule has 2 fully saturated rings. The first-order chi connectivity index (χ1) is 16.8. The Morgan fingerprint density at radius 1 is 1.29 bits per heavy atom. The SMILES string of the molecule is Cc1ncc(C(=O)Nc2cc(Cl)cc(CN3CCN(C(=O)C4CCCO4)C(C)C3)c2C)cc1C#N. The molecule has 2 aromatic rings. The average molecular weight is 496 g/mol. The first kappa shape index (κ1) is 25.1. The molecule has 2 aliphatic heterocycles. The zero-order valence-electron chi connectivity index (χ0n) is 20.3. The Balaban J connectivity index is 1.44. The van der Waals surface area contributed by atoms with Crippen LogP contribution in [0.4, 0.5) is 5.69 Å². The summed E-state index contributed by atoms with van der Waals surface area (Å²) < 4.78 is 5.59. The first-order valence-corrected chi connectivity index (χ1v) is 12.3. The van der Waals surface area contributed by atoms with Crippen LogP contribution in [0.2, 0.25) is 5.02 Å². The quantitative estimate of drug-likeness (QED) is 0.679. The number of aryl methyl sites for hydroxylation is 1. The van der Waals surface area contributed by atoms with Crippen LogP contribution in [-0.4, -0.2) is 65.0 Å². The number of amides is 2. The largest absolute Gasteiger partial charge is 0.368 e. The van der Waals surface area contributed by atoms with Crippen LogP contribution < -0.4 is 5.32 Å². The molecular formula is C26H30ClN5O3. The number of hydrogen-bond donors (Lipinski definition) is 1. The van der Waals surface area contributed by atoms with E-state index in [1.165, 1.54) is 12.3 Å². The highest BCUT2D eigenvalue weighted by molar-refractivity contribution is 6.31. The maximum absolute atomic E-state index is 12.8. The third-order valence-corrected chi connectivity index (χ3v) is 7.01. The number of rotatable bonds is 5. The predicted molar refractivity (Wildman–Crippen MR) is 133 cm³/mol. The lowest BCUT2D eigenvalue weighted by Gasteiger charge is -2.41. The van der Waals surface area contributed by atoms with E-state index in [1.54, 1.807) is 13.0 Å². The monoisotopic (exact) mass is 495 g/mol. The molecule has 0 saturated carbocycles. The van der Waals surface area contributed by atoms with Gasteiger partial charge in [-0.25, -0.2) is 0 Å². The Morgan fingerprint density at radius 3 is 2.77 bits per heavy atom. The van der Waals surface area contributed by atoms with E-state index in [9.17, 15) is 14.9 Å². The maximum atomic E-state index is 12.8. The molecule has 0 aliphatic carbocycles. The number of carbonyl (C=O) groups is 2. The summed E-state index contributed by atoms with van der Waals surface area (Å²) in [6.45, 7) is 9.23. The van der Waals surface area contributed by atoms with Gasteiger partial charge in [-0.05, 0) is 62.9 Å². The van der Waals surface area contributed by atoms with E-state index >= 15 is 0 Å². The zero-order valence-corrected chi connectivity index (χ0v) is 21.1. The lowest BCUT2D eigenvalue weighted by molar-refractivity contribution is -0.145. The number of benzene rings is 1. The molecule has 3 heterocycles. The molecule has 4 rings (SSSR count). The normalized spacial score (nSPS) is 20.5. The summed E-state index contributed by atoms with van der Waals surface area (Å²) >= 11 is 6.41. The summed E-state index contributed by atoms with van der Waals surface area (Å²) in [5.74, 6) is -0.246. The summed E-state index contributed by atoms with van der Waals surface area (Å²) in [7, 11) is 0. The van der Waals surface area contributed by atoms with E-state index in [4.69, 9.17) is 16.3 Å². The molecule has 0 radical (unpaired) electrons. The van der Waals surface area contributed by atoms with Gasteiger partial charge in [0.15, 0.2) is 0 Å². The summed E-state index contributed by atoms with van der Waals surface area (Å²) in [5.41, 5.74) is 3.82. The van der Waals surface area contributed by atoms with Crippen molar-refractivity contribution in [2.24, 2.45) is 0 Å². The maximum Gasteiger partial charge on any atom is 0.257 e. The fraction of sp³-hybridized carbons (Fsp3) is 0.462. The molecule has 1 aromatic carbocycles. The highest BCUT2D eigenvalue weighted by atomic mass is 35.5. The number of piperazine rings is 1. The topological polar surface area (TPSA) is 98.6 Å². The van der Waals surface area contributed by atoms with Crippen LogP contribution in [0.1, 0.15) is 52.5 Å². The van der Waals surface area contributed by atoms with Gasteiger partial charge in [-0.2, -0.15) is 5.26 Å². The van der Waals surface area contributed by atoms with Crippen molar-refractivity contribution in [3.8, 4) is 6.07 Å². The third-order valence-electron chi connectivity index (χ3n) is 6.79. The van der Waals surface area contributed by atoms with E-state index in [-0.39, 0.29) is 24.0 Å². The number of nitrogens with one attached hydrogen (secondary N) is 1. The van der Waals surface area contributed by atoms with Crippen LogP contribution in [0.5, 0.6) is 0 Å². The summed E-state index contributed by atoms with van der Waals surface area (Å²) in [6, 6.07) is 7.33. The van der Waals surface area contributed by atoms with Crippen molar-refractivity contribution >= 4 is 29.1 Å². The van der Waals surface area contributed by atoms with Crippen LogP contribution in [0, 0.1) is 25.2 Å². The Labute approximate surface area is 210 Å². The third kappa shape index (κ3) is 5.64. The van der Waals surface area contributed by atoms with Gasteiger partial charge >= 0.3 is 0 Å². The van der Waals surface area contributed by atoms with Crippen LogP contribution in [-0.2, 0) is 16.1 Å². The van der Waals surface area contributed by atoms with Crippen molar-refractivity contribution in [2.75, 3.05) is 31.6 Å². The molecule has 8 nitrogen and oxygen atoms in total. The molecule has 9 heteroatoms. The Kier molecular flexibility index (Phi) is 7.70. The number of nitriles is 1. The van der Waals surface area contributed by atoms with Gasteiger partial charge in [-0.3, -0.25) is 19.5 Å². The number of hydrogen-bond acceptors (Lipinski definition) is 6. The van der Waals surface area contributed by atoms with Gasteiger partial charge in [-0.15, -0.1) is 0 Å². The lowest BCUT2D eigenvalue weighted by atomic mass is 10.0. The van der Waals surface area contributed by atoms with Gasteiger partial charge in [0, 0.05) is 55.7 Å². The fourth-order valence-electron chi connectivity index (χ4n) is 4.70. The van der Waals surface area contributed by atoms with E-state index < -0.39 is 0 Å². The van der Waals surface area contributed by atoms with E-state index in [0.717, 1.165) is 37.1 Å². The summed E-state index contributed by atoms with van der Waals surface area (Å²) in [4.78, 5) is 34.0. The standard InChI is InChI=1S/C26H30ClN5O3/c1-16-14-31(6-7-32(16)26(34)24-5-4-8-35-24)15-21-10-22(27)11-23(17(21)2)30-25(33)20-9-19(12-28)18(3)29-13-20/h9-11,13,16,24H,4-8,14-15H2,1-3H3,(H,30,33). The average Bonchev–Trinajstić information content (AvgIpc) is 3.37. The number of anilines is 1. The highest BCUT2D eigenvalue weighted by Gasteiger charge is 2.34. The summed E-state index contributed by atoms with van der Waals surface area (Å²) in [6.07, 6.45) is 2.92. The van der Waals surface area contributed by atoms with Crippen molar-refractivity contribution in [3.05, 3.63) is 57.4 Å². The number of nitrogens with zero attached hydrogens (tertiary/aromatic N) is 4. The molecule has 0 bridgehead atoms. The second kappa shape index (κ2) is 10.7. The molecule has 2 amide bonds. The summed E-state index contributed by atoms with van der Waals surface area (Å²) in [5, 5.41) is 12.7. The van der Waals surface area contributed by atoms with Crippen molar-refractivity contribution in [1.82, 2.24) is 14.8 Å². The Morgan fingerprint density at radius 2 is 2.09 bits per heavy atom. The van der Waals surface area contributed by atoms with Gasteiger partial charge < -0.3 is 15.0 Å². The van der Waals surface area contributed by atoms with E-state index in [1.807, 2.05) is 17.9 Å². The zero-order chi connectivity index (χ0) is 25.1. The first-order valence-electron chi connectivity index (χ1n) is 11.9. The van der Waals surface area contributed by atoms with Crippen LogP contribution in [0.3, 0.4) is 0 Å². The molecule has 2 saturated heterocycles. The Bertz CT molecular complexity index is 1170. The van der Waals surface area contributed by atoms with Crippen molar-refractivity contribution < 1.29 is 14.3 Å². The van der Waals surface area contributed by atoms with Crippen LogP contribution in [0.25, 0.3) is 0 Å². The number of ether oxygens (including phenoxy) is 1. The van der Waals surface area contributed by atoms with Gasteiger partial charge in [0.25, 0.3) is 11.8 Å². The van der Waals surface area contributed by atoms with Crippen LogP contribution in [0.15, 0.2) is 24.4 Å². The van der Waals surface area contributed by atoms with Crippen molar-refractivity contribution in [3.63, 3.8) is 0 Å². The second-order valence-electron chi connectivity index (χ2n) is 9.28. The van der Waals surface area contributed by atoms with Crippen molar-refractivity contribution in [1.29, 1.82) is 5.26 Å². The lowest BCUT2D eigenvalue weighted by Crippen LogP contribution is -2.55. The Hall–Kier alpha value is -2.99.